The van der Waals surface area contributed by atoms with E-state index < -0.39 is 11.8 Å². The van der Waals surface area contributed by atoms with E-state index in [1.807, 2.05) is 19.9 Å². The highest BCUT2D eigenvalue weighted by atomic mass is 35.5. The molecule has 1 unspecified atom stereocenters. The number of nitrogens with zero attached hydrogens (tertiary/aromatic N) is 2. The molecule has 0 saturated carbocycles. The van der Waals surface area contributed by atoms with Crippen molar-refractivity contribution in [1.82, 2.24) is 10.4 Å². The van der Waals surface area contributed by atoms with Crippen LogP contribution in [-0.2, 0) is 4.79 Å². The van der Waals surface area contributed by atoms with Gasteiger partial charge in [0.25, 0.3) is 5.91 Å². The monoisotopic (exact) mass is 462 g/mol. The molecule has 1 aliphatic heterocycles. The maximum atomic E-state index is 13.4. The Kier molecular flexibility index (Phi) is 5.64. The normalized spacial score (nSPS) is 19.8. The van der Waals surface area contributed by atoms with Crippen LogP contribution in [0, 0.1) is 16.7 Å². The number of hydrazine groups is 1. The minimum atomic E-state index is -0.672. The number of phenolic OH excluding ortho intramolecular Hbond substituents is 1. The Morgan fingerprint density at radius 3 is 2.58 bits per heavy atom. The summed E-state index contributed by atoms with van der Waals surface area (Å²) in [6, 6.07) is 14.9. The summed E-state index contributed by atoms with van der Waals surface area (Å²) in [5.41, 5.74) is 11.0. The average Bonchev–Trinajstić information content (AvgIpc) is 2.75. The number of Topliss-reactive ketones (excluding diaryl/α,β-unsaturated/α-hetero) is 1. The largest absolute Gasteiger partial charge is 0.508 e. The van der Waals surface area contributed by atoms with Crippen LogP contribution in [-0.4, -0.2) is 21.8 Å². The molecule has 0 bridgehead atoms. The van der Waals surface area contributed by atoms with Gasteiger partial charge in [-0.3, -0.25) is 15.0 Å². The lowest BCUT2D eigenvalue weighted by molar-refractivity contribution is -0.118. The first-order valence-corrected chi connectivity index (χ1v) is 10.8. The molecule has 2 aliphatic rings. The van der Waals surface area contributed by atoms with E-state index in [4.69, 9.17) is 17.3 Å². The summed E-state index contributed by atoms with van der Waals surface area (Å²) in [7, 11) is 0. The molecule has 0 spiro atoms. The summed E-state index contributed by atoms with van der Waals surface area (Å²) in [5.74, 6) is -1.17. The maximum Gasteiger partial charge on any atom is 0.270 e. The van der Waals surface area contributed by atoms with Gasteiger partial charge in [-0.05, 0) is 53.8 Å². The number of amides is 1. The minimum absolute atomic E-state index is 0.0321. The summed E-state index contributed by atoms with van der Waals surface area (Å²) in [4.78, 5) is 26.3. The van der Waals surface area contributed by atoms with Crippen molar-refractivity contribution in [3.05, 3.63) is 87.3 Å². The Morgan fingerprint density at radius 1 is 1.24 bits per heavy atom. The van der Waals surface area contributed by atoms with Gasteiger partial charge < -0.3 is 10.8 Å². The third kappa shape index (κ3) is 4.18. The first kappa shape index (κ1) is 22.4. The molecule has 7 nitrogen and oxygen atoms in total. The molecule has 2 aromatic rings. The fourth-order valence-electron chi connectivity index (χ4n) is 4.43. The number of benzene rings is 2. The lowest BCUT2D eigenvalue weighted by Gasteiger charge is -2.43. The van der Waals surface area contributed by atoms with Gasteiger partial charge in [-0.2, -0.15) is 5.26 Å². The Labute approximate surface area is 196 Å². The predicted octanol–water partition coefficient (Wildman–Crippen LogP) is 4.13. The predicted molar refractivity (Wildman–Crippen MR) is 123 cm³/mol. The highest BCUT2D eigenvalue weighted by molar-refractivity contribution is 6.30. The smallest absolute Gasteiger partial charge is 0.270 e. The van der Waals surface area contributed by atoms with E-state index in [2.05, 4.69) is 11.5 Å². The summed E-state index contributed by atoms with van der Waals surface area (Å²) >= 11 is 6.21. The first-order valence-electron chi connectivity index (χ1n) is 10.4. The number of hydrogen-bond donors (Lipinski definition) is 3. The number of hydrogen-bond acceptors (Lipinski definition) is 6. The maximum absolute atomic E-state index is 13.4. The molecule has 1 amide bonds. The zero-order valence-electron chi connectivity index (χ0n) is 18.2. The lowest BCUT2D eigenvalue weighted by Crippen LogP contribution is -2.49. The van der Waals surface area contributed by atoms with Gasteiger partial charge in [0.05, 0.1) is 23.3 Å². The van der Waals surface area contributed by atoms with Crippen molar-refractivity contribution in [3.8, 4) is 11.8 Å². The average molecular weight is 463 g/mol. The van der Waals surface area contributed by atoms with E-state index in [0.717, 1.165) is 0 Å². The van der Waals surface area contributed by atoms with E-state index in [0.29, 0.717) is 40.3 Å². The molecule has 4 rings (SSSR count). The van der Waals surface area contributed by atoms with Crippen molar-refractivity contribution in [3.63, 3.8) is 0 Å². The molecule has 1 aliphatic carbocycles. The summed E-state index contributed by atoms with van der Waals surface area (Å²) < 4.78 is 0. The number of allylic oxidation sites excluding steroid dienone is 3. The molecule has 0 radical (unpaired) electrons. The molecular weight excluding hydrogens is 440 g/mol. The molecule has 0 saturated heterocycles. The van der Waals surface area contributed by atoms with Crippen molar-refractivity contribution < 1.29 is 14.7 Å². The van der Waals surface area contributed by atoms with Crippen LogP contribution in [0.4, 0.5) is 0 Å². The molecule has 33 heavy (non-hydrogen) atoms. The standard InChI is InChI=1S/C25H23ClN4O3/c1-25(2)11-19-22(20(32)12-25)21(15-4-3-5-16(26)10-15)18(13-27)23(28)30(19)29-24(33)14-6-8-17(31)9-7-14/h3-10,21,31H,11-12,28H2,1-2H3,(H,29,33). The number of nitrogens with one attached hydrogen (secondary N) is 1. The number of aromatic hydroxyl groups is 1. The Hall–Kier alpha value is -3.76. The third-order valence-electron chi connectivity index (χ3n) is 5.91. The number of phenols is 1. The van der Waals surface area contributed by atoms with E-state index in [1.165, 1.54) is 29.3 Å². The number of nitriles is 1. The molecule has 0 aromatic heterocycles. The van der Waals surface area contributed by atoms with E-state index in [-0.39, 0.29) is 28.3 Å². The van der Waals surface area contributed by atoms with Crippen molar-refractivity contribution in [2.75, 3.05) is 0 Å². The number of nitrogens with two attached hydrogens (primary N) is 1. The quantitative estimate of drug-likeness (QED) is 0.631. The van der Waals surface area contributed by atoms with Crippen LogP contribution in [0.25, 0.3) is 0 Å². The fraction of sp³-hybridized carbons (Fsp3) is 0.240. The summed E-state index contributed by atoms with van der Waals surface area (Å²) in [5, 5.41) is 21.4. The second kappa shape index (κ2) is 8.30. The van der Waals surface area contributed by atoms with Gasteiger partial charge in [0.1, 0.15) is 11.6 Å². The van der Waals surface area contributed by atoms with Gasteiger partial charge in [-0.1, -0.05) is 37.6 Å². The Morgan fingerprint density at radius 2 is 1.94 bits per heavy atom. The van der Waals surface area contributed by atoms with Crippen LogP contribution in [0.3, 0.4) is 0 Å². The van der Waals surface area contributed by atoms with Crippen molar-refractivity contribution in [2.24, 2.45) is 11.1 Å². The van der Waals surface area contributed by atoms with Crippen molar-refractivity contribution in [2.45, 2.75) is 32.6 Å². The van der Waals surface area contributed by atoms with Crippen molar-refractivity contribution in [1.29, 1.82) is 5.26 Å². The van der Waals surface area contributed by atoms with Gasteiger partial charge in [0, 0.05) is 22.6 Å². The summed E-state index contributed by atoms with van der Waals surface area (Å²) in [6.45, 7) is 3.95. The summed E-state index contributed by atoms with van der Waals surface area (Å²) in [6.07, 6.45) is 0.779. The number of rotatable bonds is 3. The topological polar surface area (TPSA) is 119 Å². The Bertz CT molecular complexity index is 1260. The molecule has 4 N–H and O–H groups in total. The highest BCUT2D eigenvalue weighted by Gasteiger charge is 2.44. The SMILES string of the molecule is CC1(C)CC(=O)C2=C(C1)N(NC(=O)c1ccc(O)cc1)C(N)=C(C#N)C2c1cccc(Cl)c1. The zero-order chi connectivity index (χ0) is 23.9. The fourth-order valence-corrected chi connectivity index (χ4v) is 4.63. The molecule has 0 fully saturated rings. The van der Waals surface area contributed by atoms with E-state index >= 15 is 0 Å². The zero-order valence-corrected chi connectivity index (χ0v) is 19.0. The van der Waals surface area contributed by atoms with Gasteiger partial charge in [-0.25, -0.2) is 5.01 Å². The van der Waals surface area contributed by atoms with Crippen LogP contribution < -0.4 is 11.2 Å². The molecule has 8 heteroatoms. The van der Waals surface area contributed by atoms with Crippen LogP contribution in [0.1, 0.15) is 48.5 Å². The molecule has 2 aromatic carbocycles. The van der Waals surface area contributed by atoms with Gasteiger partial charge >= 0.3 is 0 Å². The highest BCUT2D eigenvalue weighted by Crippen LogP contribution is 2.48. The van der Waals surface area contributed by atoms with E-state index in [9.17, 15) is 20.0 Å². The minimum Gasteiger partial charge on any atom is -0.508 e. The second-order valence-corrected chi connectivity index (χ2v) is 9.46. The second-order valence-electron chi connectivity index (χ2n) is 9.02. The molecule has 1 atom stereocenters. The third-order valence-corrected chi connectivity index (χ3v) is 6.14. The lowest BCUT2D eigenvalue weighted by atomic mass is 9.69. The van der Waals surface area contributed by atoms with Crippen LogP contribution in [0.15, 0.2) is 71.2 Å². The van der Waals surface area contributed by atoms with Crippen LogP contribution >= 0.6 is 11.6 Å². The number of carbonyl (C=O) groups is 2. The van der Waals surface area contributed by atoms with Crippen LogP contribution in [0.2, 0.25) is 5.02 Å². The molecule has 1 heterocycles. The first-order chi connectivity index (χ1) is 15.6. The number of carbonyl (C=O) groups excluding carboxylic acids is 2. The van der Waals surface area contributed by atoms with Gasteiger partial charge in [-0.15, -0.1) is 0 Å². The van der Waals surface area contributed by atoms with Crippen molar-refractivity contribution >= 4 is 23.3 Å². The van der Waals surface area contributed by atoms with E-state index in [1.54, 1.807) is 18.2 Å². The number of ketones is 1. The Balaban J connectivity index is 1.85. The number of halogens is 1. The van der Waals surface area contributed by atoms with Gasteiger partial charge in [0.2, 0.25) is 0 Å². The molecular formula is C25H23ClN4O3. The van der Waals surface area contributed by atoms with Gasteiger partial charge in [0.15, 0.2) is 5.78 Å². The van der Waals surface area contributed by atoms with Crippen LogP contribution in [0.5, 0.6) is 5.75 Å². The molecule has 168 valence electrons.